The van der Waals surface area contributed by atoms with Gasteiger partial charge in [0.15, 0.2) is 0 Å². The van der Waals surface area contributed by atoms with Crippen LogP contribution in [0.5, 0.6) is 0 Å². The molecule has 0 unspecified atom stereocenters. The number of carboxylic acids is 1. The normalized spacial score (nSPS) is 11.9. The van der Waals surface area contributed by atoms with Crippen LogP contribution in [0.1, 0.15) is 33.1 Å². The largest absolute Gasteiger partial charge is 0.481 e. The summed E-state index contributed by atoms with van der Waals surface area (Å²) in [6.07, 6.45) is 1.60. The number of benzene rings is 1. The lowest BCUT2D eigenvalue weighted by Crippen LogP contribution is -2.20. The lowest BCUT2D eigenvalue weighted by molar-refractivity contribution is -0.137. The topological polar surface area (TPSA) is 66.4 Å². The lowest BCUT2D eigenvalue weighted by Gasteiger charge is -2.13. The van der Waals surface area contributed by atoms with E-state index in [-0.39, 0.29) is 18.2 Å². The number of carbonyl (C=O) groups excluding carboxylic acids is 1. The minimum atomic E-state index is -0.774. The van der Waals surface area contributed by atoms with Crippen LogP contribution in [0.4, 0.5) is 5.69 Å². The molecule has 1 rings (SSSR count). The van der Waals surface area contributed by atoms with Crippen LogP contribution in [0.2, 0.25) is 0 Å². The van der Waals surface area contributed by atoms with E-state index in [0.717, 1.165) is 22.8 Å². The van der Waals surface area contributed by atoms with Gasteiger partial charge in [-0.15, -0.1) is 11.8 Å². The van der Waals surface area contributed by atoms with Crippen molar-refractivity contribution >= 4 is 29.3 Å². The van der Waals surface area contributed by atoms with Gasteiger partial charge in [-0.25, -0.2) is 0 Å². The first-order valence-corrected chi connectivity index (χ1v) is 7.77. The second kappa shape index (κ2) is 8.64. The molecule has 1 aromatic rings. The van der Waals surface area contributed by atoms with E-state index < -0.39 is 5.97 Å². The van der Waals surface area contributed by atoms with Gasteiger partial charge in [-0.2, -0.15) is 0 Å². The molecule has 0 saturated carbocycles. The standard InChI is InChI=1S/C15H21NO3S/c1-3-11(2)15(19)16-12-7-4-5-8-13(12)20-10-6-9-14(17)18/h4-5,7-8,11H,3,6,9-10H2,1-2H3,(H,16,19)(H,17,18)/t11-/m1/s1. The summed E-state index contributed by atoms with van der Waals surface area (Å²) in [6.45, 7) is 3.88. The molecule has 20 heavy (non-hydrogen) atoms. The number of anilines is 1. The third-order valence-corrected chi connectivity index (χ3v) is 4.16. The molecule has 0 heterocycles. The van der Waals surface area contributed by atoms with Crippen LogP contribution < -0.4 is 5.32 Å². The molecule has 110 valence electrons. The van der Waals surface area contributed by atoms with Crippen molar-refractivity contribution in [3.05, 3.63) is 24.3 Å². The number of carboxylic acid groups (broad SMARTS) is 1. The molecule has 2 N–H and O–H groups in total. The van der Waals surface area contributed by atoms with Crippen LogP contribution in [0, 0.1) is 5.92 Å². The third kappa shape index (κ3) is 5.65. The van der Waals surface area contributed by atoms with Crippen molar-refractivity contribution in [1.29, 1.82) is 0 Å². The predicted molar refractivity (Wildman–Crippen MR) is 82.1 cm³/mol. The van der Waals surface area contributed by atoms with Gasteiger partial charge in [0.2, 0.25) is 5.91 Å². The quantitative estimate of drug-likeness (QED) is 0.568. The highest BCUT2D eigenvalue weighted by atomic mass is 32.2. The van der Waals surface area contributed by atoms with E-state index in [1.807, 2.05) is 38.1 Å². The Bertz CT molecular complexity index is 462. The zero-order valence-corrected chi connectivity index (χ0v) is 12.7. The van der Waals surface area contributed by atoms with Gasteiger partial charge in [-0.3, -0.25) is 9.59 Å². The van der Waals surface area contributed by atoms with Crippen molar-refractivity contribution in [3.63, 3.8) is 0 Å². The molecule has 0 fully saturated rings. The fourth-order valence-electron chi connectivity index (χ4n) is 1.54. The Hall–Kier alpha value is -1.49. The van der Waals surface area contributed by atoms with Gasteiger partial charge in [0.05, 0.1) is 5.69 Å². The van der Waals surface area contributed by atoms with Gasteiger partial charge < -0.3 is 10.4 Å². The summed E-state index contributed by atoms with van der Waals surface area (Å²) in [4.78, 5) is 23.4. The number of para-hydroxylation sites is 1. The Morgan fingerprint density at radius 1 is 1.35 bits per heavy atom. The average molecular weight is 295 g/mol. The van der Waals surface area contributed by atoms with E-state index in [1.165, 1.54) is 0 Å². The van der Waals surface area contributed by atoms with E-state index in [9.17, 15) is 9.59 Å². The lowest BCUT2D eigenvalue weighted by atomic mass is 10.1. The third-order valence-electron chi connectivity index (χ3n) is 3.00. The molecule has 4 nitrogen and oxygen atoms in total. The summed E-state index contributed by atoms with van der Waals surface area (Å²) in [7, 11) is 0. The molecular formula is C15H21NO3S. The van der Waals surface area contributed by atoms with E-state index in [1.54, 1.807) is 11.8 Å². The molecule has 5 heteroatoms. The number of rotatable bonds is 8. The number of carbonyl (C=O) groups is 2. The van der Waals surface area contributed by atoms with E-state index in [2.05, 4.69) is 5.32 Å². The van der Waals surface area contributed by atoms with Crippen LogP contribution in [-0.2, 0) is 9.59 Å². The number of nitrogens with one attached hydrogen (secondary N) is 1. The van der Waals surface area contributed by atoms with Crippen molar-refractivity contribution in [2.45, 2.75) is 38.0 Å². The highest BCUT2D eigenvalue weighted by Crippen LogP contribution is 2.28. The van der Waals surface area contributed by atoms with Crippen LogP contribution >= 0.6 is 11.8 Å². The number of aliphatic carboxylic acids is 1. The predicted octanol–water partition coefficient (Wildman–Crippen LogP) is 3.63. The highest BCUT2D eigenvalue weighted by molar-refractivity contribution is 7.99. The Morgan fingerprint density at radius 3 is 2.70 bits per heavy atom. The fourth-order valence-corrected chi connectivity index (χ4v) is 2.50. The molecule has 0 saturated heterocycles. The number of hydrogen-bond acceptors (Lipinski definition) is 3. The van der Waals surface area contributed by atoms with Crippen LogP contribution in [0.15, 0.2) is 29.2 Å². The second-order valence-corrected chi connectivity index (χ2v) is 5.78. The molecular weight excluding hydrogens is 274 g/mol. The van der Waals surface area contributed by atoms with Gasteiger partial charge in [0, 0.05) is 17.2 Å². The molecule has 0 aliphatic heterocycles. The Labute approximate surface area is 124 Å². The molecule has 1 amide bonds. The maximum atomic E-state index is 11.9. The van der Waals surface area contributed by atoms with Gasteiger partial charge >= 0.3 is 5.97 Å². The van der Waals surface area contributed by atoms with Gasteiger partial charge in [0.1, 0.15) is 0 Å². The minimum Gasteiger partial charge on any atom is -0.481 e. The van der Waals surface area contributed by atoms with Gasteiger partial charge in [-0.05, 0) is 30.7 Å². The zero-order valence-electron chi connectivity index (χ0n) is 11.9. The van der Waals surface area contributed by atoms with Gasteiger partial charge in [-0.1, -0.05) is 26.0 Å². The Morgan fingerprint density at radius 2 is 2.05 bits per heavy atom. The fraction of sp³-hybridized carbons (Fsp3) is 0.467. The SMILES string of the molecule is CC[C@@H](C)C(=O)Nc1ccccc1SCCCC(=O)O. The number of amides is 1. The Balaban J connectivity index is 2.59. The number of thioether (sulfide) groups is 1. The van der Waals surface area contributed by atoms with Crippen molar-refractivity contribution in [2.24, 2.45) is 5.92 Å². The highest BCUT2D eigenvalue weighted by Gasteiger charge is 2.12. The molecule has 1 aromatic carbocycles. The Kier molecular flexibility index (Phi) is 7.15. The molecule has 0 spiro atoms. The summed E-state index contributed by atoms with van der Waals surface area (Å²) in [5, 5.41) is 11.5. The van der Waals surface area contributed by atoms with Crippen molar-refractivity contribution in [3.8, 4) is 0 Å². The maximum Gasteiger partial charge on any atom is 0.303 e. The summed E-state index contributed by atoms with van der Waals surface area (Å²) < 4.78 is 0. The summed E-state index contributed by atoms with van der Waals surface area (Å²) in [5.74, 6) is -0.0437. The molecule has 0 bridgehead atoms. The summed E-state index contributed by atoms with van der Waals surface area (Å²) >= 11 is 1.57. The molecule has 0 aliphatic rings. The van der Waals surface area contributed by atoms with E-state index in [0.29, 0.717) is 6.42 Å². The van der Waals surface area contributed by atoms with Crippen molar-refractivity contribution in [1.82, 2.24) is 0 Å². The first kappa shape index (κ1) is 16.6. The second-order valence-electron chi connectivity index (χ2n) is 4.64. The van der Waals surface area contributed by atoms with Crippen molar-refractivity contribution < 1.29 is 14.7 Å². The maximum absolute atomic E-state index is 11.9. The molecule has 1 atom stereocenters. The summed E-state index contributed by atoms with van der Waals surface area (Å²) in [6, 6.07) is 7.61. The van der Waals surface area contributed by atoms with Crippen LogP contribution in [0.3, 0.4) is 0 Å². The monoisotopic (exact) mass is 295 g/mol. The molecule has 0 aliphatic carbocycles. The first-order chi connectivity index (χ1) is 9.54. The molecule has 0 radical (unpaired) electrons. The summed E-state index contributed by atoms with van der Waals surface area (Å²) in [5.41, 5.74) is 0.804. The van der Waals surface area contributed by atoms with E-state index >= 15 is 0 Å². The molecule has 0 aromatic heterocycles. The van der Waals surface area contributed by atoms with Crippen LogP contribution in [0.25, 0.3) is 0 Å². The van der Waals surface area contributed by atoms with Crippen molar-refractivity contribution in [2.75, 3.05) is 11.1 Å². The number of hydrogen-bond donors (Lipinski definition) is 2. The van der Waals surface area contributed by atoms with Gasteiger partial charge in [0.25, 0.3) is 0 Å². The zero-order chi connectivity index (χ0) is 15.0. The minimum absolute atomic E-state index is 0.0138. The van der Waals surface area contributed by atoms with Crippen LogP contribution in [-0.4, -0.2) is 22.7 Å². The van der Waals surface area contributed by atoms with E-state index in [4.69, 9.17) is 5.11 Å². The average Bonchev–Trinajstić information content (AvgIpc) is 2.44. The smallest absolute Gasteiger partial charge is 0.303 e. The first-order valence-electron chi connectivity index (χ1n) is 6.79.